The van der Waals surface area contributed by atoms with E-state index in [2.05, 4.69) is 146 Å². The summed E-state index contributed by atoms with van der Waals surface area (Å²) in [5.41, 5.74) is 13.9. The Kier molecular flexibility index (Phi) is 5.61. The van der Waals surface area contributed by atoms with Crippen molar-refractivity contribution in [1.82, 2.24) is 0 Å². The summed E-state index contributed by atoms with van der Waals surface area (Å²) in [6, 6.07) is 55.1. The zero-order chi connectivity index (χ0) is 30.2. The summed E-state index contributed by atoms with van der Waals surface area (Å²) in [6.45, 7) is 0. The maximum Gasteiger partial charge on any atom is 0.0215 e. The maximum absolute atomic E-state index is 2.57. The van der Waals surface area contributed by atoms with Gasteiger partial charge in [0, 0.05) is 5.41 Å². The van der Waals surface area contributed by atoms with E-state index in [9.17, 15) is 0 Å². The van der Waals surface area contributed by atoms with Crippen LogP contribution in [-0.4, -0.2) is 0 Å². The predicted octanol–water partition coefficient (Wildman–Crippen LogP) is 12.8. The van der Waals surface area contributed by atoms with Gasteiger partial charge in [-0.05, 0) is 113 Å². The van der Waals surface area contributed by atoms with Gasteiger partial charge in [-0.1, -0.05) is 153 Å². The molecule has 0 radical (unpaired) electrons. The first kappa shape index (κ1) is 26.1. The molecule has 0 nitrogen and oxygen atoms in total. The first-order valence-electron chi connectivity index (χ1n) is 16.9. The maximum atomic E-state index is 2.57. The molecule has 0 bridgehead atoms. The minimum absolute atomic E-state index is 0.0699. The molecule has 1 saturated carbocycles. The molecule has 0 heterocycles. The molecule has 0 aromatic heterocycles. The number of hydrogen-bond acceptors (Lipinski definition) is 0. The zero-order valence-corrected chi connectivity index (χ0v) is 25.9. The summed E-state index contributed by atoms with van der Waals surface area (Å²) in [7, 11) is 0. The average Bonchev–Trinajstić information content (AvgIpc) is 3.38. The normalized spacial score (nSPS) is 15.1. The van der Waals surface area contributed by atoms with Gasteiger partial charge in [-0.3, -0.25) is 0 Å². The van der Waals surface area contributed by atoms with Crippen LogP contribution in [0.1, 0.15) is 43.2 Å². The molecule has 218 valence electrons. The van der Waals surface area contributed by atoms with E-state index >= 15 is 0 Å². The van der Waals surface area contributed by atoms with Gasteiger partial charge in [-0.15, -0.1) is 0 Å². The van der Waals surface area contributed by atoms with Crippen molar-refractivity contribution in [3.8, 4) is 44.5 Å². The zero-order valence-electron chi connectivity index (χ0n) is 25.9. The van der Waals surface area contributed by atoms with Gasteiger partial charge in [0.05, 0.1) is 0 Å². The molecule has 0 saturated heterocycles. The Morgan fingerprint density at radius 1 is 0.348 bits per heavy atom. The molecule has 0 amide bonds. The van der Waals surface area contributed by atoms with Gasteiger partial charge in [0.1, 0.15) is 0 Å². The molecule has 2 aliphatic carbocycles. The van der Waals surface area contributed by atoms with Crippen LogP contribution in [-0.2, 0) is 5.41 Å². The largest absolute Gasteiger partial charge is 0.0622 e. The molecule has 0 N–H and O–H groups in total. The second-order valence-corrected chi connectivity index (χ2v) is 13.5. The lowest BCUT2D eigenvalue weighted by atomic mass is 9.67. The van der Waals surface area contributed by atoms with Crippen molar-refractivity contribution in [3.05, 3.63) is 157 Å². The van der Waals surface area contributed by atoms with E-state index in [1.165, 1.54) is 114 Å². The van der Waals surface area contributed by atoms with Gasteiger partial charge in [0.2, 0.25) is 0 Å². The number of fused-ring (bicyclic) bond motifs is 5. The number of benzene rings is 8. The van der Waals surface area contributed by atoms with Gasteiger partial charge >= 0.3 is 0 Å². The average molecular weight is 587 g/mol. The van der Waals surface area contributed by atoms with E-state index < -0.39 is 0 Å². The lowest BCUT2D eigenvalue weighted by Crippen LogP contribution is -2.28. The van der Waals surface area contributed by atoms with E-state index in [0.29, 0.717) is 0 Å². The highest BCUT2D eigenvalue weighted by Gasteiger charge is 2.44. The molecule has 0 atom stereocenters. The monoisotopic (exact) mass is 586 g/mol. The molecule has 1 fully saturated rings. The Bertz CT molecular complexity index is 2420. The molecule has 10 rings (SSSR count). The fourth-order valence-corrected chi connectivity index (χ4v) is 9.12. The Morgan fingerprint density at radius 2 is 0.891 bits per heavy atom. The van der Waals surface area contributed by atoms with E-state index in [0.717, 1.165) is 0 Å². The lowest BCUT2D eigenvalue weighted by Gasteiger charge is -2.36. The van der Waals surface area contributed by atoms with E-state index in [4.69, 9.17) is 0 Å². The molecule has 0 heteroatoms. The van der Waals surface area contributed by atoms with Gasteiger partial charge in [-0.2, -0.15) is 0 Å². The van der Waals surface area contributed by atoms with Crippen LogP contribution in [0, 0.1) is 0 Å². The summed E-state index contributed by atoms with van der Waals surface area (Å²) < 4.78 is 0. The highest BCUT2D eigenvalue weighted by molar-refractivity contribution is 6.25. The van der Waals surface area contributed by atoms with Crippen molar-refractivity contribution >= 4 is 32.3 Å². The third-order valence-electron chi connectivity index (χ3n) is 11.2. The first-order chi connectivity index (χ1) is 22.8. The number of hydrogen-bond donors (Lipinski definition) is 0. The Morgan fingerprint density at radius 3 is 1.59 bits per heavy atom. The van der Waals surface area contributed by atoms with Gasteiger partial charge in [-0.25, -0.2) is 0 Å². The summed E-state index contributed by atoms with van der Waals surface area (Å²) in [5, 5.41) is 8.11. The Hall–Kier alpha value is -5.20. The van der Waals surface area contributed by atoms with Gasteiger partial charge < -0.3 is 0 Å². The minimum Gasteiger partial charge on any atom is -0.0622 e. The summed E-state index contributed by atoms with van der Waals surface area (Å²) >= 11 is 0. The molecular formula is C46H34. The molecule has 46 heavy (non-hydrogen) atoms. The molecular weight excluding hydrogens is 553 g/mol. The van der Waals surface area contributed by atoms with Crippen LogP contribution in [0.25, 0.3) is 76.8 Å². The van der Waals surface area contributed by atoms with Crippen LogP contribution in [0.4, 0.5) is 0 Å². The topological polar surface area (TPSA) is 0 Å². The van der Waals surface area contributed by atoms with E-state index in [-0.39, 0.29) is 5.41 Å². The van der Waals surface area contributed by atoms with Crippen molar-refractivity contribution in [2.75, 3.05) is 0 Å². The van der Waals surface area contributed by atoms with E-state index in [1.54, 1.807) is 5.56 Å². The SMILES string of the molecule is c1ccc(-c2ccccc2-c2ccc3c(c2)C2(CCCCC2)c2cc(-c4ccc5ccc6cccc7ccc4c5c67)ccc2-3)cc1. The van der Waals surface area contributed by atoms with Crippen LogP contribution >= 0.6 is 0 Å². The van der Waals surface area contributed by atoms with Crippen molar-refractivity contribution < 1.29 is 0 Å². The smallest absolute Gasteiger partial charge is 0.0215 e. The van der Waals surface area contributed by atoms with Crippen molar-refractivity contribution in [2.24, 2.45) is 0 Å². The molecule has 1 spiro atoms. The molecule has 0 unspecified atom stereocenters. The van der Waals surface area contributed by atoms with Crippen LogP contribution in [0.2, 0.25) is 0 Å². The first-order valence-corrected chi connectivity index (χ1v) is 16.9. The molecule has 8 aromatic carbocycles. The standard InChI is InChI=1S/C46H34/c1-3-10-30(11-4-1)36-14-5-6-15-37(36)34-20-23-39-40-24-21-35(29-43(40)46(42(39)28-34)26-7-2-8-27-46)38-22-18-33-17-16-31-12-9-13-32-19-25-41(38)45(33)44(31)32/h1,3-6,9-25,28-29H,2,7-8,26-27H2. The third kappa shape index (κ3) is 3.68. The highest BCUT2D eigenvalue weighted by atomic mass is 14.5. The van der Waals surface area contributed by atoms with Gasteiger partial charge in [0.25, 0.3) is 0 Å². The molecule has 2 aliphatic rings. The summed E-state index contributed by atoms with van der Waals surface area (Å²) in [4.78, 5) is 0. The summed E-state index contributed by atoms with van der Waals surface area (Å²) in [6.07, 6.45) is 6.34. The van der Waals surface area contributed by atoms with Crippen LogP contribution in [0.15, 0.2) is 146 Å². The number of rotatable bonds is 3. The Labute approximate surface area is 270 Å². The van der Waals surface area contributed by atoms with Crippen molar-refractivity contribution in [2.45, 2.75) is 37.5 Å². The lowest BCUT2D eigenvalue weighted by molar-refractivity contribution is 0.353. The third-order valence-corrected chi connectivity index (χ3v) is 11.2. The fraction of sp³-hybridized carbons (Fsp3) is 0.130. The highest BCUT2D eigenvalue weighted by Crippen LogP contribution is 2.57. The fourth-order valence-electron chi connectivity index (χ4n) is 9.12. The summed E-state index contributed by atoms with van der Waals surface area (Å²) in [5.74, 6) is 0. The minimum atomic E-state index is 0.0699. The van der Waals surface area contributed by atoms with Crippen LogP contribution < -0.4 is 0 Å². The quantitative estimate of drug-likeness (QED) is 0.181. The van der Waals surface area contributed by atoms with Crippen molar-refractivity contribution in [1.29, 1.82) is 0 Å². The van der Waals surface area contributed by atoms with Gasteiger partial charge in [0.15, 0.2) is 0 Å². The van der Waals surface area contributed by atoms with Crippen LogP contribution in [0.3, 0.4) is 0 Å². The molecule has 8 aromatic rings. The predicted molar refractivity (Wildman–Crippen MR) is 196 cm³/mol. The second-order valence-electron chi connectivity index (χ2n) is 13.5. The van der Waals surface area contributed by atoms with Crippen molar-refractivity contribution in [3.63, 3.8) is 0 Å². The second kappa shape index (κ2) is 9.90. The van der Waals surface area contributed by atoms with Crippen LogP contribution in [0.5, 0.6) is 0 Å². The molecule has 0 aliphatic heterocycles. The van der Waals surface area contributed by atoms with E-state index in [1.807, 2.05) is 0 Å². The Balaban J connectivity index is 1.15.